The van der Waals surface area contributed by atoms with Gasteiger partial charge in [0.15, 0.2) is 5.16 Å². The molecule has 1 aliphatic heterocycles. The normalized spacial score (nSPS) is 14.6. The van der Waals surface area contributed by atoms with E-state index in [1.807, 2.05) is 24.3 Å². The highest BCUT2D eigenvalue weighted by molar-refractivity contribution is 7.98. The van der Waals surface area contributed by atoms with E-state index < -0.39 is 5.97 Å². The molecule has 0 atom stereocenters. The van der Waals surface area contributed by atoms with Crippen LogP contribution in [0.1, 0.15) is 15.9 Å². The molecule has 4 rings (SSSR count). The number of carbonyl (C=O) groups excluding carboxylic acids is 1. The molecule has 1 aromatic heterocycles. The topological polar surface area (TPSA) is 74.9 Å². The first-order valence-electron chi connectivity index (χ1n) is 10.5. The molecule has 0 amide bonds. The quantitative estimate of drug-likeness (QED) is 0.321. The molecule has 2 heterocycles. The number of quaternary nitrogens is 1. The molecule has 0 saturated carbocycles. The van der Waals surface area contributed by atoms with Crippen molar-refractivity contribution in [1.29, 1.82) is 0 Å². The van der Waals surface area contributed by atoms with Crippen LogP contribution < -0.4 is 10.5 Å². The Balaban J connectivity index is 1.69. The van der Waals surface area contributed by atoms with Crippen molar-refractivity contribution in [3.8, 4) is 0 Å². The van der Waals surface area contributed by atoms with Crippen LogP contribution in [0.4, 0.5) is 0 Å². The Morgan fingerprint density at radius 1 is 1.25 bits per heavy atom. The average molecular weight is 475 g/mol. The fourth-order valence-corrected chi connectivity index (χ4v) is 5.00. The number of fused-ring (bicyclic) bond motifs is 1. The summed E-state index contributed by atoms with van der Waals surface area (Å²) in [6.07, 6.45) is 0. The molecule has 2 aromatic carbocycles. The Hall–Kier alpha value is -2.39. The molecule has 0 aliphatic carbocycles. The van der Waals surface area contributed by atoms with Crippen LogP contribution in [-0.4, -0.2) is 55.5 Å². The minimum absolute atomic E-state index is 0.110. The highest BCUT2D eigenvalue weighted by atomic mass is 35.5. The number of thioether (sulfide) groups is 1. The molecule has 0 unspecified atom stereocenters. The number of nitrogens with zero attached hydrogens (tertiary/aromatic N) is 2. The SMILES string of the molecule is COC(=O)c1ccc2c(=O)n(CC[NH+]3CCOCC3)c(SCc3ccccc3Cl)nc2c1. The maximum absolute atomic E-state index is 13.4. The van der Waals surface area contributed by atoms with E-state index in [1.54, 1.807) is 22.8 Å². The third-order valence-electron chi connectivity index (χ3n) is 5.54. The number of carbonyl (C=O) groups is 1. The van der Waals surface area contributed by atoms with E-state index in [0.29, 0.717) is 38.9 Å². The van der Waals surface area contributed by atoms with E-state index in [1.165, 1.54) is 23.8 Å². The third-order valence-corrected chi connectivity index (χ3v) is 6.94. The van der Waals surface area contributed by atoms with Crippen LogP contribution in [0.5, 0.6) is 0 Å². The van der Waals surface area contributed by atoms with Crippen LogP contribution in [0.3, 0.4) is 0 Å². The number of ether oxygens (including phenoxy) is 2. The standard InChI is InChI=1S/C23H24ClN3O4S/c1-30-22(29)16-6-7-18-20(14-16)25-23(32-15-17-4-2-3-5-19(17)24)27(21(18)28)9-8-26-10-12-31-13-11-26/h2-7,14H,8-13,15H2,1H3/p+1. The Morgan fingerprint density at radius 3 is 2.78 bits per heavy atom. The summed E-state index contributed by atoms with van der Waals surface area (Å²) in [4.78, 5) is 31.5. The minimum atomic E-state index is -0.459. The Morgan fingerprint density at radius 2 is 2.03 bits per heavy atom. The van der Waals surface area contributed by atoms with Gasteiger partial charge in [0.1, 0.15) is 13.1 Å². The largest absolute Gasteiger partial charge is 0.465 e. The Kier molecular flexibility index (Phi) is 7.47. The second kappa shape index (κ2) is 10.5. The number of morpholine rings is 1. The molecule has 168 valence electrons. The van der Waals surface area contributed by atoms with E-state index in [-0.39, 0.29) is 5.56 Å². The van der Waals surface area contributed by atoms with E-state index in [4.69, 9.17) is 26.1 Å². The van der Waals surface area contributed by atoms with Crippen molar-refractivity contribution in [3.63, 3.8) is 0 Å². The lowest BCUT2D eigenvalue weighted by Gasteiger charge is -2.24. The molecule has 3 aromatic rings. The zero-order valence-electron chi connectivity index (χ0n) is 17.8. The fraction of sp³-hybridized carbons (Fsp3) is 0.348. The van der Waals surface area contributed by atoms with Gasteiger partial charge in [-0.2, -0.15) is 0 Å². The number of nitrogens with one attached hydrogen (secondary N) is 1. The van der Waals surface area contributed by atoms with Crippen LogP contribution in [0.25, 0.3) is 10.9 Å². The smallest absolute Gasteiger partial charge is 0.337 e. The number of aromatic nitrogens is 2. The zero-order chi connectivity index (χ0) is 22.5. The molecule has 1 aliphatic rings. The lowest BCUT2D eigenvalue weighted by molar-refractivity contribution is -0.908. The number of rotatable bonds is 7. The van der Waals surface area contributed by atoms with Crippen molar-refractivity contribution in [2.24, 2.45) is 0 Å². The second-order valence-corrected chi connectivity index (χ2v) is 8.92. The van der Waals surface area contributed by atoms with Gasteiger partial charge in [0.2, 0.25) is 0 Å². The maximum Gasteiger partial charge on any atom is 0.337 e. The average Bonchev–Trinajstić information content (AvgIpc) is 2.83. The number of benzene rings is 2. The summed E-state index contributed by atoms with van der Waals surface area (Å²) in [5.74, 6) is 0.123. The van der Waals surface area contributed by atoms with Gasteiger partial charge in [-0.3, -0.25) is 9.36 Å². The highest BCUT2D eigenvalue weighted by Gasteiger charge is 2.18. The summed E-state index contributed by atoms with van der Waals surface area (Å²) in [5.41, 5.74) is 1.71. The number of methoxy groups -OCH3 is 1. The Labute approximate surface area is 195 Å². The number of esters is 1. The molecule has 0 radical (unpaired) electrons. The first kappa shape index (κ1) is 22.8. The van der Waals surface area contributed by atoms with Crippen LogP contribution in [0.2, 0.25) is 5.02 Å². The summed E-state index contributed by atoms with van der Waals surface area (Å²) < 4.78 is 12.0. The molecule has 1 N–H and O–H groups in total. The molecule has 32 heavy (non-hydrogen) atoms. The van der Waals surface area contributed by atoms with E-state index in [2.05, 4.69) is 0 Å². The Bertz CT molecular complexity index is 1180. The maximum atomic E-state index is 13.4. The zero-order valence-corrected chi connectivity index (χ0v) is 19.4. The van der Waals surface area contributed by atoms with Gasteiger partial charge in [-0.25, -0.2) is 9.78 Å². The van der Waals surface area contributed by atoms with Crippen molar-refractivity contribution in [2.45, 2.75) is 17.5 Å². The van der Waals surface area contributed by atoms with Gasteiger partial charge < -0.3 is 14.4 Å². The molecular weight excluding hydrogens is 450 g/mol. The fourth-order valence-electron chi connectivity index (χ4n) is 3.69. The summed E-state index contributed by atoms with van der Waals surface area (Å²) in [5, 5.41) is 1.77. The van der Waals surface area contributed by atoms with Crippen molar-refractivity contribution in [3.05, 3.63) is 69.0 Å². The number of halogens is 1. The van der Waals surface area contributed by atoms with Crippen LogP contribution in [0.15, 0.2) is 52.4 Å². The first-order valence-corrected chi connectivity index (χ1v) is 11.8. The first-order chi connectivity index (χ1) is 15.6. The van der Waals surface area contributed by atoms with Gasteiger partial charge in [-0.05, 0) is 29.8 Å². The van der Waals surface area contributed by atoms with E-state index in [9.17, 15) is 9.59 Å². The molecule has 0 bridgehead atoms. The van der Waals surface area contributed by atoms with Crippen LogP contribution in [0, 0.1) is 0 Å². The van der Waals surface area contributed by atoms with Crippen molar-refractivity contribution < 1.29 is 19.2 Å². The lowest BCUT2D eigenvalue weighted by Crippen LogP contribution is -3.14. The highest BCUT2D eigenvalue weighted by Crippen LogP contribution is 2.26. The molecule has 7 nitrogen and oxygen atoms in total. The molecular formula is C23H25ClN3O4S+. The van der Waals surface area contributed by atoms with Crippen molar-refractivity contribution in [2.75, 3.05) is 40.0 Å². The van der Waals surface area contributed by atoms with Crippen molar-refractivity contribution in [1.82, 2.24) is 9.55 Å². The molecule has 0 spiro atoms. The van der Waals surface area contributed by atoms with Crippen LogP contribution in [-0.2, 0) is 21.8 Å². The monoisotopic (exact) mass is 474 g/mol. The lowest BCUT2D eigenvalue weighted by atomic mass is 10.1. The van der Waals surface area contributed by atoms with E-state index >= 15 is 0 Å². The van der Waals surface area contributed by atoms with Crippen molar-refractivity contribution >= 4 is 40.2 Å². The summed E-state index contributed by atoms with van der Waals surface area (Å²) in [6, 6.07) is 12.5. The predicted octanol–water partition coefficient (Wildman–Crippen LogP) is 2.04. The minimum Gasteiger partial charge on any atom is -0.465 e. The predicted molar refractivity (Wildman–Crippen MR) is 125 cm³/mol. The number of hydrogen-bond donors (Lipinski definition) is 1. The van der Waals surface area contributed by atoms with Gasteiger partial charge in [-0.1, -0.05) is 41.6 Å². The molecule has 1 fully saturated rings. The number of hydrogen-bond acceptors (Lipinski definition) is 6. The van der Waals surface area contributed by atoms with Gasteiger partial charge >= 0.3 is 5.97 Å². The molecule has 1 saturated heterocycles. The van der Waals surface area contributed by atoms with Gasteiger partial charge in [0.25, 0.3) is 5.56 Å². The summed E-state index contributed by atoms with van der Waals surface area (Å²) in [7, 11) is 1.33. The third kappa shape index (κ3) is 5.15. The van der Waals surface area contributed by atoms with Gasteiger partial charge in [0, 0.05) is 10.8 Å². The van der Waals surface area contributed by atoms with Gasteiger partial charge in [-0.15, -0.1) is 0 Å². The summed E-state index contributed by atoms with van der Waals surface area (Å²) >= 11 is 7.79. The second-order valence-electron chi connectivity index (χ2n) is 7.57. The van der Waals surface area contributed by atoms with Gasteiger partial charge in [0.05, 0.1) is 49.9 Å². The molecule has 9 heteroatoms. The van der Waals surface area contributed by atoms with Crippen LogP contribution >= 0.6 is 23.4 Å². The van der Waals surface area contributed by atoms with E-state index in [0.717, 1.165) is 38.4 Å². The summed E-state index contributed by atoms with van der Waals surface area (Å²) in [6.45, 7) is 4.72.